The van der Waals surface area contributed by atoms with Crippen LogP contribution >= 0.6 is 11.6 Å². The molecule has 1 N–H and O–H groups in total. The van der Waals surface area contributed by atoms with Crippen LogP contribution in [0.1, 0.15) is 11.3 Å². The van der Waals surface area contributed by atoms with E-state index >= 15 is 0 Å². The fourth-order valence-electron chi connectivity index (χ4n) is 1.89. The number of benzene rings is 1. The second-order valence-electron chi connectivity index (χ2n) is 4.79. The maximum atomic E-state index is 6.24. The van der Waals surface area contributed by atoms with Gasteiger partial charge in [0.2, 0.25) is 0 Å². The summed E-state index contributed by atoms with van der Waals surface area (Å²) < 4.78 is 1.87. The molecule has 1 aromatic carbocycles. The number of anilines is 2. The third kappa shape index (κ3) is 3.01. The van der Waals surface area contributed by atoms with Gasteiger partial charge in [0.25, 0.3) is 0 Å². The largest absolute Gasteiger partial charge is 0.381 e. The van der Waals surface area contributed by atoms with E-state index in [1.807, 2.05) is 55.1 Å². The summed E-state index contributed by atoms with van der Waals surface area (Å²) in [5, 5.41) is 8.34. The highest BCUT2D eigenvalue weighted by Gasteiger charge is 2.06. The standard InChI is InChI=1S/C14H19ClN4/c1-10-11(9-17-19(10)4)8-16-12-5-6-14(18(2)3)13(15)7-12/h5-7,9,16H,8H2,1-4H3. The van der Waals surface area contributed by atoms with Gasteiger partial charge in [-0.15, -0.1) is 0 Å². The molecule has 5 heteroatoms. The van der Waals surface area contributed by atoms with E-state index in [1.54, 1.807) is 0 Å². The van der Waals surface area contributed by atoms with Crippen molar-refractivity contribution in [1.82, 2.24) is 9.78 Å². The minimum absolute atomic E-state index is 0.747. The summed E-state index contributed by atoms with van der Waals surface area (Å²) in [6.07, 6.45) is 1.89. The zero-order chi connectivity index (χ0) is 14.0. The molecule has 0 fully saturated rings. The number of nitrogens with one attached hydrogen (secondary N) is 1. The van der Waals surface area contributed by atoms with Gasteiger partial charge in [-0.1, -0.05) is 11.6 Å². The molecule has 4 nitrogen and oxygen atoms in total. The van der Waals surface area contributed by atoms with Crippen LogP contribution in [-0.2, 0) is 13.6 Å². The van der Waals surface area contributed by atoms with Gasteiger partial charge < -0.3 is 10.2 Å². The van der Waals surface area contributed by atoms with Crippen LogP contribution in [0.15, 0.2) is 24.4 Å². The number of hydrogen-bond donors (Lipinski definition) is 1. The SMILES string of the molecule is Cc1c(CNc2ccc(N(C)C)c(Cl)c2)cnn1C. The van der Waals surface area contributed by atoms with Crippen molar-refractivity contribution < 1.29 is 0 Å². The van der Waals surface area contributed by atoms with E-state index in [2.05, 4.69) is 17.3 Å². The van der Waals surface area contributed by atoms with Crippen molar-refractivity contribution in [3.63, 3.8) is 0 Å². The molecule has 1 aromatic heterocycles. The van der Waals surface area contributed by atoms with Crippen molar-refractivity contribution in [3.05, 3.63) is 40.7 Å². The van der Waals surface area contributed by atoms with Gasteiger partial charge in [0, 0.05) is 44.6 Å². The van der Waals surface area contributed by atoms with Crippen molar-refractivity contribution in [3.8, 4) is 0 Å². The summed E-state index contributed by atoms with van der Waals surface area (Å²) in [6.45, 7) is 2.81. The topological polar surface area (TPSA) is 33.1 Å². The van der Waals surface area contributed by atoms with E-state index in [0.717, 1.165) is 22.9 Å². The zero-order valence-electron chi connectivity index (χ0n) is 11.7. The average Bonchev–Trinajstić information content (AvgIpc) is 2.67. The van der Waals surface area contributed by atoms with Crippen molar-refractivity contribution in [2.75, 3.05) is 24.3 Å². The van der Waals surface area contributed by atoms with Crippen LogP contribution < -0.4 is 10.2 Å². The number of rotatable bonds is 4. The summed E-state index contributed by atoms with van der Waals surface area (Å²) in [6, 6.07) is 6.00. The van der Waals surface area contributed by atoms with Gasteiger partial charge in [-0.3, -0.25) is 4.68 Å². The first-order chi connectivity index (χ1) is 8.99. The quantitative estimate of drug-likeness (QED) is 0.933. The molecule has 0 unspecified atom stereocenters. The zero-order valence-corrected chi connectivity index (χ0v) is 12.5. The molecule has 0 saturated carbocycles. The molecule has 0 saturated heterocycles. The lowest BCUT2D eigenvalue weighted by atomic mass is 10.2. The van der Waals surface area contributed by atoms with Gasteiger partial charge in [-0.05, 0) is 25.1 Å². The van der Waals surface area contributed by atoms with E-state index in [4.69, 9.17) is 11.6 Å². The maximum absolute atomic E-state index is 6.24. The molecule has 0 spiro atoms. The van der Waals surface area contributed by atoms with Crippen LogP contribution in [0.25, 0.3) is 0 Å². The van der Waals surface area contributed by atoms with E-state index in [0.29, 0.717) is 0 Å². The van der Waals surface area contributed by atoms with Crippen LogP contribution in [0.4, 0.5) is 11.4 Å². The van der Waals surface area contributed by atoms with E-state index in [1.165, 1.54) is 11.3 Å². The molecule has 0 bridgehead atoms. The van der Waals surface area contributed by atoms with Gasteiger partial charge in [0.1, 0.15) is 0 Å². The second-order valence-corrected chi connectivity index (χ2v) is 5.20. The minimum atomic E-state index is 0.747. The molecule has 0 amide bonds. The molecule has 0 aliphatic heterocycles. The normalized spacial score (nSPS) is 10.6. The van der Waals surface area contributed by atoms with Crippen LogP contribution in [-0.4, -0.2) is 23.9 Å². The monoisotopic (exact) mass is 278 g/mol. The first kappa shape index (κ1) is 13.7. The van der Waals surface area contributed by atoms with Crippen LogP contribution in [0, 0.1) is 6.92 Å². The highest BCUT2D eigenvalue weighted by Crippen LogP contribution is 2.27. The summed E-state index contributed by atoms with van der Waals surface area (Å²) in [5.74, 6) is 0. The lowest BCUT2D eigenvalue weighted by molar-refractivity contribution is 0.738. The first-order valence-corrected chi connectivity index (χ1v) is 6.55. The average molecular weight is 279 g/mol. The second kappa shape index (κ2) is 5.53. The summed E-state index contributed by atoms with van der Waals surface area (Å²) in [7, 11) is 5.90. The Morgan fingerprint density at radius 1 is 1.37 bits per heavy atom. The fraction of sp³-hybridized carbons (Fsp3) is 0.357. The molecule has 2 aromatic rings. The predicted octanol–water partition coefficient (Wildman–Crippen LogP) is 3.06. The summed E-state index contributed by atoms with van der Waals surface area (Å²) >= 11 is 6.24. The van der Waals surface area contributed by atoms with Gasteiger partial charge in [0.15, 0.2) is 0 Å². The third-order valence-corrected chi connectivity index (χ3v) is 3.55. The summed E-state index contributed by atoms with van der Waals surface area (Å²) in [4.78, 5) is 2.00. The van der Waals surface area contributed by atoms with E-state index in [-0.39, 0.29) is 0 Å². The molecule has 0 aliphatic rings. The Hall–Kier alpha value is -1.68. The number of aromatic nitrogens is 2. The van der Waals surface area contributed by atoms with Crippen LogP contribution in [0.5, 0.6) is 0 Å². The smallest absolute Gasteiger partial charge is 0.0659 e. The van der Waals surface area contributed by atoms with Gasteiger partial charge in [-0.25, -0.2) is 0 Å². The van der Waals surface area contributed by atoms with Crippen molar-refractivity contribution >= 4 is 23.0 Å². The number of halogens is 1. The lowest BCUT2D eigenvalue weighted by Gasteiger charge is -2.15. The minimum Gasteiger partial charge on any atom is -0.381 e. The molecule has 19 heavy (non-hydrogen) atoms. The molecular weight excluding hydrogens is 260 g/mol. The molecular formula is C14H19ClN4. The maximum Gasteiger partial charge on any atom is 0.0659 e. The Bertz CT molecular complexity index is 575. The molecule has 0 aliphatic carbocycles. The highest BCUT2D eigenvalue weighted by atomic mass is 35.5. The van der Waals surface area contributed by atoms with Crippen LogP contribution in [0.2, 0.25) is 5.02 Å². The first-order valence-electron chi connectivity index (χ1n) is 6.17. The summed E-state index contributed by atoms with van der Waals surface area (Å²) in [5.41, 5.74) is 4.39. The lowest BCUT2D eigenvalue weighted by Crippen LogP contribution is -2.09. The van der Waals surface area contributed by atoms with E-state index in [9.17, 15) is 0 Å². The number of nitrogens with zero attached hydrogens (tertiary/aromatic N) is 3. The predicted molar refractivity (Wildman–Crippen MR) is 81.1 cm³/mol. The van der Waals surface area contributed by atoms with Gasteiger partial charge in [0.05, 0.1) is 16.9 Å². The Labute approximate surface area is 119 Å². The highest BCUT2D eigenvalue weighted by molar-refractivity contribution is 6.33. The fourth-order valence-corrected chi connectivity index (χ4v) is 2.24. The van der Waals surface area contributed by atoms with Gasteiger partial charge in [-0.2, -0.15) is 5.10 Å². The number of aryl methyl sites for hydroxylation is 1. The Morgan fingerprint density at radius 2 is 2.11 bits per heavy atom. The van der Waals surface area contributed by atoms with E-state index < -0.39 is 0 Å². The van der Waals surface area contributed by atoms with Gasteiger partial charge >= 0.3 is 0 Å². The van der Waals surface area contributed by atoms with Crippen molar-refractivity contribution in [1.29, 1.82) is 0 Å². The molecule has 1 heterocycles. The molecule has 102 valence electrons. The Balaban J connectivity index is 2.08. The van der Waals surface area contributed by atoms with Crippen molar-refractivity contribution in [2.45, 2.75) is 13.5 Å². The van der Waals surface area contributed by atoms with Crippen molar-refractivity contribution in [2.24, 2.45) is 7.05 Å². The molecule has 0 atom stereocenters. The Kier molecular flexibility index (Phi) is 4.00. The Morgan fingerprint density at radius 3 is 2.63 bits per heavy atom. The third-order valence-electron chi connectivity index (χ3n) is 3.25. The molecule has 0 radical (unpaired) electrons. The van der Waals surface area contributed by atoms with Crippen LogP contribution in [0.3, 0.4) is 0 Å². The molecule has 2 rings (SSSR count). The number of hydrogen-bond acceptors (Lipinski definition) is 3.